The first-order valence-electron chi connectivity index (χ1n) is 4.63. The summed E-state index contributed by atoms with van der Waals surface area (Å²) in [5.41, 5.74) is 0. The third-order valence-electron chi connectivity index (χ3n) is 2.14. The lowest BCUT2D eigenvalue weighted by molar-refractivity contribution is -0.123. The maximum atomic E-state index is 11.2. The van der Waals surface area contributed by atoms with Gasteiger partial charge in [-0.05, 0) is 19.8 Å². The van der Waals surface area contributed by atoms with Crippen molar-refractivity contribution in [2.24, 2.45) is 5.92 Å². The Labute approximate surface area is 74.3 Å². The van der Waals surface area contributed by atoms with Crippen LogP contribution >= 0.6 is 0 Å². The number of ketones is 2. The number of hydrogen-bond acceptors (Lipinski definition) is 2. The van der Waals surface area contributed by atoms with E-state index in [0.29, 0.717) is 18.6 Å². The second-order valence-electron chi connectivity index (χ2n) is 3.17. The molecule has 0 bridgehead atoms. The van der Waals surface area contributed by atoms with Crippen LogP contribution in [0.5, 0.6) is 0 Å². The standard InChI is InChI=1S/C10H18O2/c1-4-9(10(12)5-2)7-6-8(3)11/h9H,4-7H2,1-3H3. The molecule has 0 heterocycles. The molecule has 0 radical (unpaired) electrons. The lowest BCUT2D eigenvalue weighted by Crippen LogP contribution is -2.13. The van der Waals surface area contributed by atoms with Crippen LogP contribution in [0.4, 0.5) is 0 Å². The van der Waals surface area contributed by atoms with Gasteiger partial charge >= 0.3 is 0 Å². The SMILES string of the molecule is CCC(=O)C(CC)CCC(C)=O. The van der Waals surface area contributed by atoms with Crippen molar-refractivity contribution in [1.29, 1.82) is 0 Å². The lowest BCUT2D eigenvalue weighted by Gasteiger charge is -2.10. The van der Waals surface area contributed by atoms with Gasteiger partial charge in [-0.15, -0.1) is 0 Å². The van der Waals surface area contributed by atoms with Crippen molar-refractivity contribution in [3.63, 3.8) is 0 Å². The highest BCUT2D eigenvalue weighted by atomic mass is 16.1. The average Bonchev–Trinajstić information content (AvgIpc) is 2.04. The fraction of sp³-hybridized carbons (Fsp3) is 0.800. The normalized spacial score (nSPS) is 12.6. The van der Waals surface area contributed by atoms with E-state index in [1.54, 1.807) is 6.92 Å². The van der Waals surface area contributed by atoms with Gasteiger partial charge in [0, 0.05) is 18.8 Å². The molecule has 0 fully saturated rings. The first-order chi connectivity index (χ1) is 5.61. The predicted molar refractivity (Wildman–Crippen MR) is 49.0 cm³/mol. The minimum absolute atomic E-state index is 0.110. The number of carbonyl (C=O) groups excluding carboxylic acids is 2. The quantitative estimate of drug-likeness (QED) is 0.613. The van der Waals surface area contributed by atoms with E-state index in [-0.39, 0.29) is 11.7 Å². The summed E-state index contributed by atoms with van der Waals surface area (Å²) in [6.45, 7) is 5.44. The zero-order valence-corrected chi connectivity index (χ0v) is 8.22. The zero-order chi connectivity index (χ0) is 9.56. The van der Waals surface area contributed by atoms with Crippen molar-refractivity contribution in [1.82, 2.24) is 0 Å². The molecular weight excluding hydrogens is 152 g/mol. The lowest BCUT2D eigenvalue weighted by atomic mass is 9.93. The Morgan fingerprint density at radius 2 is 1.83 bits per heavy atom. The minimum Gasteiger partial charge on any atom is -0.300 e. The maximum absolute atomic E-state index is 11.2. The molecule has 0 aliphatic heterocycles. The molecule has 1 unspecified atom stereocenters. The predicted octanol–water partition coefficient (Wildman–Crippen LogP) is 2.36. The van der Waals surface area contributed by atoms with Crippen molar-refractivity contribution in [3.8, 4) is 0 Å². The summed E-state index contributed by atoms with van der Waals surface area (Å²) in [4.78, 5) is 21.9. The summed E-state index contributed by atoms with van der Waals surface area (Å²) in [6.07, 6.45) is 2.74. The Morgan fingerprint density at radius 3 is 2.17 bits per heavy atom. The summed E-state index contributed by atoms with van der Waals surface area (Å²) < 4.78 is 0. The molecular formula is C10H18O2. The van der Waals surface area contributed by atoms with Crippen LogP contribution in [0.25, 0.3) is 0 Å². The smallest absolute Gasteiger partial charge is 0.135 e. The van der Waals surface area contributed by atoms with Gasteiger partial charge in [-0.25, -0.2) is 0 Å². The largest absolute Gasteiger partial charge is 0.300 e. The van der Waals surface area contributed by atoms with E-state index in [1.807, 2.05) is 13.8 Å². The molecule has 70 valence electrons. The topological polar surface area (TPSA) is 34.1 Å². The van der Waals surface area contributed by atoms with Crippen LogP contribution in [0.2, 0.25) is 0 Å². The van der Waals surface area contributed by atoms with Crippen LogP contribution in [0, 0.1) is 5.92 Å². The summed E-state index contributed by atoms with van der Waals surface area (Å²) in [6, 6.07) is 0. The van der Waals surface area contributed by atoms with Gasteiger partial charge in [0.15, 0.2) is 0 Å². The average molecular weight is 170 g/mol. The first-order valence-corrected chi connectivity index (χ1v) is 4.63. The molecule has 0 aromatic carbocycles. The molecule has 0 aliphatic carbocycles. The molecule has 0 aromatic heterocycles. The van der Waals surface area contributed by atoms with Crippen LogP contribution in [0.15, 0.2) is 0 Å². The highest BCUT2D eigenvalue weighted by Crippen LogP contribution is 2.13. The van der Waals surface area contributed by atoms with E-state index in [1.165, 1.54) is 0 Å². The summed E-state index contributed by atoms with van der Waals surface area (Å²) in [5.74, 6) is 0.579. The Balaban J connectivity index is 3.83. The molecule has 0 saturated carbocycles. The van der Waals surface area contributed by atoms with Gasteiger partial charge in [0.1, 0.15) is 11.6 Å². The molecule has 2 nitrogen and oxygen atoms in total. The van der Waals surface area contributed by atoms with E-state index in [0.717, 1.165) is 12.8 Å². The number of Topliss-reactive ketones (excluding diaryl/α,β-unsaturated/α-hetero) is 2. The van der Waals surface area contributed by atoms with Gasteiger partial charge in [-0.1, -0.05) is 13.8 Å². The Bertz CT molecular complexity index is 161. The number of carbonyl (C=O) groups is 2. The molecule has 0 saturated heterocycles. The summed E-state index contributed by atoms with van der Waals surface area (Å²) >= 11 is 0. The molecule has 0 aliphatic rings. The van der Waals surface area contributed by atoms with Gasteiger partial charge in [0.05, 0.1) is 0 Å². The molecule has 0 spiro atoms. The second-order valence-corrected chi connectivity index (χ2v) is 3.17. The molecule has 0 rings (SSSR count). The third kappa shape index (κ3) is 4.27. The number of rotatable bonds is 6. The maximum Gasteiger partial charge on any atom is 0.135 e. The van der Waals surface area contributed by atoms with Crippen molar-refractivity contribution < 1.29 is 9.59 Å². The highest BCUT2D eigenvalue weighted by Gasteiger charge is 2.14. The van der Waals surface area contributed by atoms with Crippen LogP contribution in [-0.2, 0) is 9.59 Å². The van der Waals surface area contributed by atoms with Gasteiger partial charge in [0.2, 0.25) is 0 Å². The van der Waals surface area contributed by atoms with E-state index >= 15 is 0 Å². The summed E-state index contributed by atoms with van der Waals surface area (Å²) in [5, 5.41) is 0. The first kappa shape index (κ1) is 11.3. The highest BCUT2D eigenvalue weighted by molar-refractivity contribution is 5.82. The van der Waals surface area contributed by atoms with Crippen LogP contribution in [0.1, 0.15) is 46.5 Å². The minimum atomic E-state index is 0.110. The van der Waals surface area contributed by atoms with Crippen molar-refractivity contribution in [2.75, 3.05) is 0 Å². The fourth-order valence-corrected chi connectivity index (χ4v) is 1.26. The van der Waals surface area contributed by atoms with Crippen LogP contribution < -0.4 is 0 Å². The Morgan fingerprint density at radius 1 is 1.25 bits per heavy atom. The molecule has 0 amide bonds. The van der Waals surface area contributed by atoms with Gasteiger partial charge in [-0.3, -0.25) is 4.79 Å². The van der Waals surface area contributed by atoms with Gasteiger partial charge in [0.25, 0.3) is 0 Å². The Kier molecular flexibility index (Phi) is 5.60. The summed E-state index contributed by atoms with van der Waals surface area (Å²) in [7, 11) is 0. The van der Waals surface area contributed by atoms with E-state index < -0.39 is 0 Å². The van der Waals surface area contributed by atoms with Gasteiger partial charge < -0.3 is 4.79 Å². The van der Waals surface area contributed by atoms with E-state index in [4.69, 9.17) is 0 Å². The third-order valence-corrected chi connectivity index (χ3v) is 2.14. The van der Waals surface area contributed by atoms with Crippen LogP contribution in [-0.4, -0.2) is 11.6 Å². The number of hydrogen-bond donors (Lipinski definition) is 0. The zero-order valence-electron chi connectivity index (χ0n) is 8.22. The second kappa shape index (κ2) is 5.92. The van der Waals surface area contributed by atoms with Crippen molar-refractivity contribution in [2.45, 2.75) is 46.5 Å². The van der Waals surface area contributed by atoms with Crippen molar-refractivity contribution >= 4 is 11.6 Å². The van der Waals surface area contributed by atoms with Gasteiger partial charge in [-0.2, -0.15) is 0 Å². The fourth-order valence-electron chi connectivity index (χ4n) is 1.26. The van der Waals surface area contributed by atoms with Crippen molar-refractivity contribution in [3.05, 3.63) is 0 Å². The molecule has 12 heavy (non-hydrogen) atoms. The van der Waals surface area contributed by atoms with E-state index in [2.05, 4.69) is 0 Å². The monoisotopic (exact) mass is 170 g/mol. The molecule has 0 N–H and O–H groups in total. The molecule has 0 aromatic rings. The van der Waals surface area contributed by atoms with E-state index in [9.17, 15) is 9.59 Å². The Hall–Kier alpha value is -0.660. The van der Waals surface area contributed by atoms with Crippen LogP contribution in [0.3, 0.4) is 0 Å². The molecule has 1 atom stereocenters. The molecule has 2 heteroatoms.